The molecule has 2 aromatic carbocycles. The Labute approximate surface area is 180 Å². The number of rotatable bonds is 12. The molecule has 4 nitrogen and oxygen atoms in total. The minimum atomic E-state index is 0.525. The Bertz CT molecular complexity index is 859. The molecule has 0 amide bonds. The van der Waals surface area contributed by atoms with E-state index in [2.05, 4.69) is 23.8 Å². The summed E-state index contributed by atoms with van der Waals surface area (Å²) < 4.78 is 11.6. The predicted molar refractivity (Wildman–Crippen MR) is 122 cm³/mol. The summed E-state index contributed by atoms with van der Waals surface area (Å²) in [6, 6.07) is 16.0. The van der Waals surface area contributed by atoms with Gasteiger partial charge in [0, 0.05) is 18.0 Å². The zero-order chi connectivity index (χ0) is 21.0. The van der Waals surface area contributed by atoms with Crippen molar-refractivity contribution in [1.29, 1.82) is 0 Å². The van der Waals surface area contributed by atoms with Crippen molar-refractivity contribution in [1.82, 2.24) is 9.97 Å². The largest absolute Gasteiger partial charge is 0.494 e. The lowest BCUT2D eigenvalue weighted by atomic mass is 10.1. The van der Waals surface area contributed by atoms with Gasteiger partial charge in [-0.05, 0) is 66.8 Å². The first-order valence-electron chi connectivity index (χ1n) is 11.0. The maximum absolute atomic E-state index is 5.91. The van der Waals surface area contributed by atoms with Crippen LogP contribution in [0.2, 0.25) is 0 Å². The summed E-state index contributed by atoms with van der Waals surface area (Å²) in [6.07, 6.45) is 10.8. The lowest BCUT2D eigenvalue weighted by molar-refractivity contribution is 0.302. The molecule has 0 saturated heterocycles. The van der Waals surface area contributed by atoms with Crippen molar-refractivity contribution >= 4 is 0 Å². The van der Waals surface area contributed by atoms with Gasteiger partial charge in [0.2, 0.25) is 0 Å². The van der Waals surface area contributed by atoms with Crippen LogP contribution >= 0.6 is 0 Å². The summed E-state index contributed by atoms with van der Waals surface area (Å²) in [5, 5.41) is 0. The number of hydrogen-bond acceptors (Lipinski definition) is 4. The fourth-order valence-electron chi connectivity index (χ4n) is 3.10. The topological polar surface area (TPSA) is 44.2 Å². The van der Waals surface area contributed by atoms with Crippen molar-refractivity contribution in [3.8, 4) is 22.9 Å². The van der Waals surface area contributed by atoms with Gasteiger partial charge in [-0.2, -0.15) is 0 Å². The molecule has 0 fully saturated rings. The number of benzene rings is 2. The van der Waals surface area contributed by atoms with E-state index in [0.717, 1.165) is 54.3 Å². The van der Waals surface area contributed by atoms with Crippen LogP contribution in [-0.2, 0) is 13.0 Å². The van der Waals surface area contributed by atoms with E-state index in [9.17, 15) is 0 Å². The van der Waals surface area contributed by atoms with Gasteiger partial charge in [-0.25, -0.2) is 9.97 Å². The maximum Gasteiger partial charge on any atom is 0.159 e. The van der Waals surface area contributed by atoms with Crippen molar-refractivity contribution in [2.24, 2.45) is 0 Å². The summed E-state index contributed by atoms with van der Waals surface area (Å²) in [4.78, 5) is 9.04. The van der Waals surface area contributed by atoms with Crippen LogP contribution in [0, 0.1) is 0 Å². The van der Waals surface area contributed by atoms with E-state index >= 15 is 0 Å². The second-order valence-corrected chi connectivity index (χ2v) is 7.53. The van der Waals surface area contributed by atoms with Gasteiger partial charge in [-0.15, -0.1) is 0 Å². The van der Waals surface area contributed by atoms with Gasteiger partial charge < -0.3 is 9.47 Å². The molecule has 0 radical (unpaired) electrons. The van der Waals surface area contributed by atoms with Crippen molar-refractivity contribution < 1.29 is 9.47 Å². The van der Waals surface area contributed by atoms with Gasteiger partial charge >= 0.3 is 0 Å². The van der Waals surface area contributed by atoms with Crippen LogP contribution in [0.5, 0.6) is 11.5 Å². The van der Waals surface area contributed by atoms with Gasteiger partial charge in [-0.1, -0.05) is 45.2 Å². The van der Waals surface area contributed by atoms with Gasteiger partial charge in [0.15, 0.2) is 5.82 Å². The van der Waals surface area contributed by atoms with Crippen LogP contribution in [0.4, 0.5) is 0 Å². The highest BCUT2D eigenvalue weighted by atomic mass is 16.5. The summed E-state index contributed by atoms with van der Waals surface area (Å²) in [6.45, 7) is 5.67. The minimum absolute atomic E-state index is 0.525. The van der Waals surface area contributed by atoms with E-state index in [4.69, 9.17) is 9.47 Å². The third-order valence-corrected chi connectivity index (χ3v) is 4.98. The Balaban J connectivity index is 1.49. The first kappa shape index (κ1) is 21.8. The molecule has 0 aliphatic heterocycles. The molecule has 3 rings (SSSR count). The van der Waals surface area contributed by atoms with Crippen LogP contribution in [-0.4, -0.2) is 16.6 Å². The van der Waals surface area contributed by atoms with E-state index in [1.54, 1.807) is 0 Å². The van der Waals surface area contributed by atoms with Crippen LogP contribution in [0.3, 0.4) is 0 Å². The number of ether oxygens (including phenoxy) is 2. The molecule has 0 spiro atoms. The molecule has 0 aliphatic carbocycles. The quantitative estimate of drug-likeness (QED) is 0.318. The van der Waals surface area contributed by atoms with E-state index in [-0.39, 0.29) is 0 Å². The predicted octanol–water partition coefficient (Wildman–Crippen LogP) is 6.63. The van der Waals surface area contributed by atoms with Crippen molar-refractivity contribution in [2.45, 2.75) is 59.0 Å². The summed E-state index contributed by atoms with van der Waals surface area (Å²) in [5.41, 5.74) is 3.31. The van der Waals surface area contributed by atoms with Crippen LogP contribution in [0.25, 0.3) is 11.4 Å². The van der Waals surface area contributed by atoms with Crippen molar-refractivity contribution in [3.63, 3.8) is 0 Å². The maximum atomic E-state index is 5.91. The SMILES string of the molecule is CCCCCc1cnc(-c2ccc(OCc3ccc(OCCCC)cc3)cc2)nc1. The smallest absolute Gasteiger partial charge is 0.159 e. The Morgan fingerprint density at radius 3 is 1.97 bits per heavy atom. The fraction of sp³-hybridized carbons (Fsp3) is 0.385. The Morgan fingerprint density at radius 1 is 0.667 bits per heavy atom. The van der Waals surface area contributed by atoms with Gasteiger partial charge in [0.05, 0.1) is 6.61 Å². The van der Waals surface area contributed by atoms with E-state index in [1.807, 2.05) is 60.9 Å². The molecule has 0 bridgehead atoms. The monoisotopic (exact) mass is 404 g/mol. The normalized spacial score (nSPS) is 10.7. The summed E-state index contributed by atoms with van der Waals surface area (Å²) >= 11 is 0. The zero-order valence-corrected chi connectivity index (χ0v) is 18.1. The number of nitrogens with zero attached hydrogens (tertiary/aromatic N) is 2. The molecule has 1 heterocycles. The van der Waals surface area contributed by atoms with E-state index in [1.165, 1.54) is 24.8 Å². The lowest BCUT2D eigenvalue weighted by Crippen LogP contribution is -1.98. The molecule has 0 saturated carbocycles. The Hall–Kier alpha value is -2.88. The number of aryl methyl sites for hydroxylation is 1. The van der Waals surface area contributed by atoms with Gasteiger partial charge in [0.25, 0.3) is 0 Å². The molecular formula is C26H32N2O2. The summed E-state index contributed by atoms with van der Waals surface area (Å²) in [5.74, 6) is 2.49. The second-order valence-electron chi connectivity index (χ2n) is 7.53. The first-order chi connectivity index (χ1) is 14.8. The van der Waals surface area contributed by atoms with Crippen LogP contribution in [0.15, 0.2) is 60.9 Å². The Morgan fingerprint density at radius 2 is 1.30 bits per heavy atom. The molecule has 30 heavy (non-hydrogen) atoms. The van der Waals surface area contributed by atoms with Crippen molar-refractivity contribution in [3.05, 3.63) is 72.1 Å². The number of aromatic nitrogens is 2. The molecule has 0 N–H and O–H groups in total. The second kappa shape index (κ2) is 12.0. The van der Waals surface area contributed by atoms with E-state index < -0.39 is 0 Å². The van der Waals surface area contributed by atoms with Crippen LogP contribution in [0.1, 0.15) is 57.1 Å². The highest BCUT2D eigenvalue weighted by Crippen LogP contribution is 2.21. The van der Waals surface area contributed by atoms with Gasteiger partial charge in [-0.3, -0.25) is 0 Å². The number of unbranched alkanes of at least 4 members (excludes halogenated alkanes) is 3. The molecule has 0 aliphatic rings. The molecule has 158 valence electrons. The molecule has 1 aromatic heterocycles. The average molecular weight is 405 g/mol. The van der Waals surface area contributed by atoms with Crippen LogP contribution < -0.4 is 9.47 Å². The zero-order valence-electron chi connectivity index (χ0n) is 18.1. The van der Waals surface area contributed by atoms with Crippen molar-refractivity contribution in [2.75, 3.05) is 6.61 Å². The third kappa shape index (κ3) is 6.87. The van der Waals surface area contributed by atoms with Gasteiger partial charge in [0.1, 0.15) is 18.1 Å². The average Bonchev–Trinajstić information content (AvgIpc) is 2.80. The highest BCUT2D eigenvalue weighted by Gasteiger charge is 2.03. The Kier molecular flexibility index (Phi) is 8.70. The molecule has 4 heteroatoms. The minimum Gasteiger partial charge on any atom is -0.494 e. The first-order valence-corrected chi connectivity index (χ1v) is 11.0. The summed E-state index contributed by atoms with van der Waals surface area (Å²) in [7, 11) is 0. The standard InChI is InChI=1S/C26H32N2O2/c1-3-5-7-8-22-18-27-26(28-19-22)23-11-15-25(16-12-23)30-20-21-9-13-24(14-10-21)29-17-6-4-2/h9-16,18-19H,3-8,17,20H2,1-2H3. The molecule has 0 unspecified atom stereocenters. The van der Waals surface area contributed by atoms with E-state index in [0.29, 0.717) is 6.61 Å². The molecular weight excluding hydrogens is 372 g/mol. The third-order valence-electron chi connectivity index (χ3n) is 4.98. The lowest BCUT2D eigenvalue weighted by Gasteiger charge is -2.09. The highest BCUT2D eigenvalue weighted by molar-refractivity contribution is 5.55. The number of hydrogen-bond donors (Lipinski definition) is 0. The molecule has 0 atom stereocenters. The fourth-order valence-corrected chi connectivity index (χ4v) is 3.10. The molecule has 3 aromatic rings.